The fraction of sp³-hybridized carbons (Fsp3) is 0.111. The van der Waals surface area contributed by atoms with Gasteiger partial charge in [-0.15, -0.1) is 0 Å². The van der Waals surface area contributed by atoms with Crippen molar-refractivity contribution in [3.05, 3.63) is 64.3 Å². The van der Waals surface area contributed by atoms with Crippen molar-refractivity contribution in [2.24, 2.45) is 0 Å². The second-order valence-corrected chi connectivity index (χ2v) is 5.71. The molecule has 122 valence electrons. The lowest BCUT2D eigenvalue weighted by Crippen LogP contribution is -2.25. The number of ketones is 1. The minimum Gasteiger partial charge on any atom is -0.550 e. The van der Waals surface area contributed by atoms with Crippen LogP contribution in [0.2, 0.25) is 5.02 Å². The van der Waals surface area contributed by atoms with E-state index in [0.29, 0.717) is 32.8 Å². The van der Waals surface area contributed by atoms with Crippen molar-refractivity contribution in [2.75, 3.05) is 7.11 Å². The number of halogens is 1. The van der Waals surface area contributed by atoms with Crippen LogP contribution in [-0.2, 0) is 11.2 Å². The minimum atomic E-state index is -1.25. The Bertz CT molecular complexity index is 928. The molecular weight excluding hydrogens is 330 g/mol. The number of methoxy groups -OCH3 is 1. The van der Waals surface area contributed by atoms with Gasteiger partial charge in [-0.1, -0.05) is 17.7 Å². The molecule has 0 saturated heterocycles. The van der Waals surface area contributed by atoms with Crippen LogP contribution in [0.3, 0.4) is 0 Å². The number of fused-ring (bicyclic) bond motifs is 1. The summed E-state index contributed by atoms with van der Waals surface area (Å²) in [5.74, 6) is -0.930. The maximum Gasteiger partial charge on any atom is 0.209 e. The molecule has 0 amide bonds. The minimum absolute atomic E-state index is 0.224. The normalized spacial score (nSPS) is 10.8. The number of benzene rings is 2. The SMILES string of the molecule is COc1ccc(C(=O)c2[nH]c3cc(Cl)ccc3c2CC(=O)[O-])cc1. The number of carboxylic acid groups (broad SMARTS) is 1. The molecule has 5 nitrogen and oxygen atoms in total. The molecule has 24 heavy (non-hydrogen) atoms. The van der Waals surface area contributed by atoms with Crippen LogP contribution in [0.15, 0.2) is 42.5 Å². The lowest BCUT2D eigenvalue weighted by molar-refractivity contribution is -0.304. The van der Waals surface area contributed by atoms with E-state index in [1.807, 2.05) is 0 Å². The molecule has 3 rings (SSSR count). The van der Waals surface area contributed by atoms with E-state index in [1.165, 1.54) is 7.11 Å². The average molecular weight is 343 g/mol. The van der Waals surface area contributed by atoms with Gasteiger partial charge < -0.3 is 19.6 Å². The van der Waals surface area contributed by atoms with Gasteiger partial charge >= 0.3 is 0 Å². The molecule has 0 aliphatic heterocycles. The number of carbonyl (C=O) groups is 2. The number of hydrogen-bond acceptors (Lipinski definition) is 4. The number of ether oxygens (including phenoxy) is 1. The summed E-state index contributed by atoms with van der Waals surface area (Å²) in [6.45, 7) is 0. The molecule has 0 saturated carbocycles. The molecule has 1 N–H and O–H groups in total. The number of aromatic amines is 1. The van der Waals surface area contributed by atoms with Gasteiger partial charge in [-0.05, 0) is 42.0 Å². The zero-order valence-corrected chi connectivity index (χ0v) is 13.5. The number of aliphatic carboxylic acids is 1. The van der Waals surface area contributed by atoms with Crippen LogP contribution >= 0.6 is 11.6 Å². The third-order valence-corrected chi connectivity index (χ3v) is 4.00. The largest absolute Gasteiger partial charge is 0.550 e. The molecule has 0 radical (unpaired) electrons. The van der Waals surface area contributed by atoms with Crippen LogP contribution in [-0.4, -0.2) is 23.8 Å². The number of hydrogen-bond donors (Lipinski definition) is 1. The zero-order chi connectivity index (χ0) is 17.3. The molecule has 6 heteroatoms. The molecule has 3 aromatic rings. The Balaban J connectivity index is 2.12. The lowest BCUT2D eigenvalue weighted by Gasteiger charge is -2.06. The first-order valence-electron chi connectivity index (χ1n) is 7.18. The molecule has 0 spiro atoms. The van der Waals surface area contributed by atoms with Crippen LogP contribution in [0.5, 0.6) is 5.75 Å². The van der Waals surface area contributed by atoms with Crippen LogP contribution in [0.1, 0.15) is 21.6 Å². The van der Waals surface area contributed by atoms with E-state index in [4.69, 9.17) is 16.3 Å². The first-order valence-corrected chi connectivity index (χ1v) is 7.56. The second kappa shape index (κ2) is 6.37. The van der Waals surface area contributed by atoms with E-state index in [9.17, 15) is 14.7 Å². The summed E-state index contributed by atoms with van der Waals surface area (Å²) in [7, 11) is 1.54. The number of nitrogens with one attached hydrogen (secondary N) is 1. The Kier molecular flexibility index (Phi) is 4.27. The molecule has 0 unspecified atom stereocenters. The van der Waals surface area contributed by atoms with Gasteiger partial charge in [-0.3, -0.25) is 4.79 Å². The van der Waals surface area contributed by atoms with E-state index in [-0.39, 0.29) is 17.9 Å². The highest BCUT2D eigenvalue weighted by atomic mass is 35.5. The van der Waals surface area contributed by atoms with E-state index in [2.05, 4.69) is 4.98 Å². The highest BCUT2D eigenvalue weighted by Gasteiger charge is 2.19. The maximum absolute atomic E-state index is 12.8. The predicted octanol–water partition coefficient (Wildman–Crippen LogP) is 2.35. The van der Waals surface area contributed by atoms with E-state index >= 15 is 0 Å². The highest BCUT2D eigenvalue weighted by molar-refractivity contribution is 6.31. The van der Waals surface area contributed by atoms with Gasteiger partial charge in [-0.2, -0.15) is 0 Å². The van der Waals surface area contributed by atoms with Crippen molar-refractivity contribution in [1.29, 1.82) is 0 Å². The smallest absolute Gasteiger partial charge is 0.209 e. The summed E-state index contributed by atoms with van der Waals surface area (Å²) in [5, 5.41) is 12.2. The van der Waals surface area contributed by atoms with Crippen LogP contribution in [0, 0.1) is 0 Å². The van der Waals surface area contributed by atoms with Gasteiger partial charge in [0.1, 0.15) is 5.75 Å². The van der Waals surface area contributed by atoms with Crippen molar-refractivity contribution >= 4 is 34.3 Å². The number of carbonyl (C=O) groups excluding carboxylic acids is 2. The summed E-state index contributed by atoms with van der Waals surface area (Å²) in [6.07, 6.45) is -0.362. The number of carboxylic acids is 1. The monoisotopic (exact) mass is 342 g/mol. The molecule has 0 atom stereocenters. The number of H-pyrrole nitrogens is 1. The predicted molar refractivity (Wildman–Crippen MR) is 88.4 cm³/mol. The highest BCUT2D eigenvalue weighted by Crippen LogP contribution is 2.27. The van der Waals surface area contributed by atoms with Gasteiger partial charge in [0.2, 0.25) is 5.78 Å². The van der Waals surface area contributed by atoms with Crippen molar-refractivity contribution in [3.63, 3.8) is 0 Å². The first-order chi connectivity index (χ1) is 11.5. The van der Waals surface area contributed by atoms with Gasteiger partial charge in [0.15, 0.2) is 0 Å². The fourth-order valence-electron chi connectivity index (χ4n) is 2.64. The van der Waals surface area contributed by atoms with Crippen LogP contribution in [0.4, 0.5) is 0 Å². The standard InChI is InChI=1S/C18H14ClNO4/c1-24-12-5-2-10(3-6-12)18(23)17-14(9-16(21)22)13-7-4-11(19)8-15(13)20-17/h2-8,20H,9H2,1H3,(H,21,22)/p-1. The Hall–Kier alpha value is -2.79. The Morgan fingerprint density at radius 3 is 2.50 bits per heavy atom. The Morgan fingerprint density at radius 1 is 1.17 bits per heavy atom. The molecule has 0 aliphatic carbocycles. The molecule has 0 bridgehead atoms. The van der Waals surface area contributed by atoms with Crippen molar-refractivity contribution in [3.8, 4) is 5.75 Å². The van der Waals surface area contributed by atoms with Gasteiger partial charge in [0.05, 0.1) is 12.8 Å². The van der Waals surface area contributed by atoms with Crippen molar-refractivity contribution < 1.29 is 19.4 Å². The van der Waals surface area contributed by atoms with E-state index in [0.717, 1.165) is 0 Å². The maximum atomic E-state index is 12.8. The second-order valence-electron chi connectivity index (χ2n) is 5.27. The first kappa shape index (κ1) is 16.1. The summed E-state index contributed by atoms with van der Waals surface area (Å²) < 4.78 is 5.07. The number of rotatable bonds is 5. The summed E-state index contributed by atoms with van der Waals surface area (Å²) in [5.41, 5.74) is 1.65. The van der Waals surface area contributed by atoms with E-state index < -0.39 is 5.97 Å². The lowest BCUT2D eigenvalue weighted by atomic mass is 10.0. The van der Waals surface area contributed by atoms with E-state index in [1.54, 1.807) is 42.5 Å². The number of aromatic nitrogens is 1. The molecule has 1 heterocycles. The van der Waals surface area contributed by atoms with Crippen molar-refractivity contribution in [2.45, 2.75) is 6.42 Å². The topological polar surface area (TPSA) is 82.2 Å². The molecule has 0 fully saturated rings. The quantitative estimate of drug-likeness (QED) is 0.721. The average Bonchev–Trinajstić information content (AvgIpc) is 2.91. The summed E-state index contributed by atoms with van der Waals surface area (Å²) in [4.78, 5) is 26.9. The van der Waals surface area contributed by atoms with Gasteiger partial charge in [0.25, 0.3) is 0 Å². The third kappa shape index (κ3) is 2.98. The van der Waals surface area contributed by atoms with Crippen molar-refractivity contribution in [1.82, 2.24) is 4.98 Å². The summed E-state index contributed by atoms with van der Waals surface area (Å²) in [6, 6.07) is 11.6. The fourth-order valence-corrected chi connectivity index (χ4v) is 2.81. The molecule has 2 aromatic carbocycles. The van der Waals surface area contributed by atoms with Gasteiger partial charge in [-0.25, -0.2) is 0 Å². The Morgan fingerprint density at radius 2 is 1.88 bits per heavy atom. The molecule has 1 aromatic heterocycles. The zero-order valence-electron chi connectivity index (χ0n) is 12.8. The molecule has 0 aliphatic rings. The summed E-state index contributed by atoms with van der Waals surface area (Å²) >= 11 is 5.97. The van der Waals surface area contributed by atoms with Gasteiger partial charge in [0, 0.05) is 33.9 Å². The Labute approximate surface area is 142 Å². The van der Waals surface area contributed by atoms with Crippen LogP contribution in [0.25, 0.3) is 10.9 Å². The molecular formula is C18H13ClNO4-. The van der Waals surface area contributed by atoms with Crippen LogP contribution < -0.4 is 9.84 Å². The third-order valence-electron chi connectivity index (χ3n) is 3.77.